The Hall–Kier alpha value is -1.17. The van der Waals surface area contributed by atoms with Crippen molar-refractivity contribution >= 4 is 10.0 Å². The molecule has 1 saturated heterocycles. The first-order valence-corrected chi connectivity index (χ1v) is 9.14. The lowest BCUT2D eigenvalue weighted by Gasteiger charge is -2.34. The number of nitrogens with zero attached hydrogens (tertiary/aromatic N) is 2. The number of rotatable bonds is 4. The molecule has 4 nitrogen and oxygen atoms in total. The highest BCUT2D eigenvalue weighted by Crippen LogP contribution is 2.29. The average Bonchev–Trinajstić information content (AvgIpc) is 2.46. The Morgan fingerprint density at radius 1 is 1.05 bits per heavy atom. The first kappa shape index (κ1) is 17.2. The number of hydrogen-bond acceptors (Lipinski definition) is 3. The van der Waals surface area contributed by atoms with Gasteiger partial charge in [-0.25, -0.2) is 8.42 Å². The van der Waals surface area contributed by atoms with E-state index in [1.807, 2.05) is 33.8 Å². The first-order valence-electron chi connectivity index (χ1n) is 7.70. The van der Waals surface area contributed by atoms with Gasteiger partial charge in [0.05, 0.1) is 4.90 Å². The molecule has 0 aliphatic carbocycles. The Morgan fingerprint density at radius 3 is 2.00 bits per heavy atom. The van der Waals surface area contributed by atoms with Crippen LogP contribution in [0.15, 0.2) is 23.6 Å². The summed E-state index contributed by atoms with van der Waals surface area (Å²) in [7, 11) is -3.43. The van der Waals surface area contributed by atoms with Crippen LogP contribution in [0.25, 0.3) is 0 Å². The predicted molar refractivity (Wildman–Crippen MR) is 90.8 cm³/mol. The van der Waals surface area contributed by atoms with Crippen LogP contribution in [0.2, 0.25) is 0 Å². The Labute approximate surface area is 134 Å². The molecule has 1 aliphatic heterocycles. The van der Waals surface area contributed by atoms with E-state index >= 15 is 0 Å². The summed E-state index contributed by atoms with van der Waals surface area (Å²) in [5.74, 6) is 0. The second kappa shape index (κ2) is 6.52. The molecular weight excluding hydrogens is 296 g/mol. The summed E-state index contributed by atoms with van der Waals surface area (Å²) in [6.45, 7) is 14.9. The van der Waals surface area contributed by atoms with Gasteiger partial charge >= 0.3 is 0 Å². The van der Waals surface area contributed by atoms with Crippen LogP contribution in [0.1, 0.15) is 22.3 Å². The van der Waals surface area contributed by atoms with Gasteiger partial charge in [0.1, 0.15) is 0 Å². The Morgan fingerprint density at radius 2 is 1.55 bits per heavy atom. The van der Waals surface area contributed by atoms with E-state index in [4.69, 9.17) is 0 Å². The zero-order valence-electron chi connectivity index (χ0n) is 14.0. The molecule has 1 heterocycles. The van der Waals surface area contributed by atoms with E-state index < -0.39 is 10.0 Å². The second-order valence-corrected chi connectivity index (χ2v) is 7.96. The molecular formula is C17H26N2O2S. The molecule has 2 rings (SSSR count). The van der Waals surface area contributed by atoms with E-state index in [1.54, 1.807) is 4.31 Å². The van der Waals surface area contributed by atoms with Crippen molar-refractivity contribution < 1.29 is 8.42 Å². The molecule has 0 radical (unpaired) electrons. The van der Waals surface area contributed by atoms with E-state index in [0.717, 1.165) is 41.9 Å². The van der Waals surface area contributed by atoms with Crippen molar-refractivity contribution in [2.24, 2.45) is 0 Å². The normalized spacial score (nSPS) is 17.6. The number of hydrogen-bond donors (Lipinski definition) is 0. The predicted octanol–water partition coefficient (Wildman–Crippen LogP) is 2.41. The van der Waals surface area contributed by atoms with E-state index in [1.165, 1.54) is 0 Å². The molecule has 1 fully saturated rings. The minimum atomic E-state index is -3.43. The van der Waals surface area contributed by atoms with Gasteiger partial charge in [0.2, 0.25) is 10.0 Å². The summed E-state index contributed by atoms with van der Waals surface area (Å²) in [5, 5.41) is 0. The zero-order valence-corrected chi connectivity index (χ0v) is 14.8. The molecule has 1 aliphatic rings. The van der Waals surface area contributed by atoms with E-state index in [-0.39, 0.29) is 0 Å². The fourth-order valence-electron chi connectivity index (χ4n) is 3.03. The minimum Gasteiger partial charge on any atom is -0.297 e. The molecule has 0 saturated carbocycles. The van der Waals surface area contributed by atoms with Gasteiger partial charge < -0.3 is 0 Å². The van der Waals surface area contributed by atoms with Crippen LogP contribution < -0.4 is 0 Å². The maximum atomic E-state index is 13.1. The third kappa shape index (κ3) is 3.12. The highest BCUT2D eigenvalue weighted by Gasteiger charge is 2.31. The Balaban J connectivity index is 2.35. The van der Waals surface area contributed by atoms with Crippen LogP contribution in [0.3, 0.4) is 0 Å². The third-order valence-electron chi connectivity index (χ3n) is 4.61. The lowest BCUT2D eigenvalue weighted by molar-refractivity contribution is 0.204. The quantitative estimate of drug-likeness (QED) is 0.799. The fourth-order valence-corrected chi connectivity index (χ4v) is 5.03. The lowest BCUT2D eigenvalue weighted by Crippen LogP contribution is -2.48. The van der Waals surface area contributed by atoms with Gasteiger partial charge in [-0.3, -0.25) is 4.90 Å². The molecule has 0 atom stereocenters. The van der Waals surface area contributed by atoms with Crippen LogP contribution in [0.4, 0.5) is 0 Å². The smallest absolute Gasteiger partial charge is 0.243 e. The average molecular weight is 322 g/mol. The topological polar surface area (TPSA) is 40.6 Å². The van der Waals surface area contributed by atoms with Gasteiger partial charge in [-0.2, -0.15) is 4.31 Å². The van der Waals surface area contributed by atoms with Gasteiger partial charge in [-0.1, -0.05) is 12.1 Å². The van der Waals surface area contributed by atoms with Gasteiger partial charge in [0.25, 0.3) is 0 Å². The molecule has 22 heavy (non-hydrogen) atoms. The van der Waals surface area contributed by atoms with Crippen LogP contribution in [-0.4, -0.2) is 50.3 Å². The summed E-state index contributed by atoms with van der Waals surface area (Å²) >= 11 is 0. The molecule has 122 valence electrons. The fraction of sp³-hybridized carbons (Fsp3) is 0.529. The SMILES string of the molecule is C=CCN1CCN(S(=O)(=O)c2c(C)c(C)cc(C)c2C)CC1. The molecule has 1 aromatic rings. The van der Waals surface area contributed by atoms with Crippen molar-refractivity contribution in [2.75, 3.05) is 32.7 Å². The van der Waals surface area contributed by atoms with Crippen LogP contribution >= 0.6 is 0 Å². The first-order chi connectivity index (χ1) is 10.3. The van der Waals surface area contributed by atoms with Crippen LogP contribution in [0, 0.1) is 27.7 Å². The highest BCUT2D eigenvalue weighted by molar-refractivity contribution is 7.89. The molecule has 5 heteroatoms. The van der Waals surface area contributed by atoms with Gasteiger partial charge in [-0.05, 0) is 49.9 Å². The lowest BCUT2D eigenvalue weighted by atomic mass is 10.0. The maximum Gasteiger partial charge on any atom is 0.243 e. The van der Waals surface area contributed by atoms with Gasteiger partial charge in [0.15, 0.2) is 0 Å². The van der Waals surface area contributed by atoms with Crippen molar-refractivity contribution in [1.82, 2.24) is 9.21 Å². The molecule has 0 spiro atoms. The number of piperazine rings is 1. The summed E-state index contributed by atoms with van der Waals surface area (Å²) in [4.78, 5) is 2.72. The third-order valence-corrected chi connectivity index (χ3v) is 6.79. The molecule has 0 N–H and O–H groups in total. The van der Waals surface area contributed by atoms with E-state index in [9.17, 15) is 8.42 Å². The zero-order chi connectivity index (χ0) is 16.5. The molecule has 0 unspecified atom stereocenters. The molecule has 0 bridgehead atoms. The summed E-state index contributed by atoms with van der Waals surface area (Å²) < 4.78 is 27.8. The summed E-state index contributed by atoms with van der Waals surface area (Å²) in [6, 6.07) is 2.06. The summed E-state index contributed by atoms with van der Waals surface area (Å²) in [6.07, 6.45) is 1.86. The van der Waals surface area contributed by atoms with Crippen molar-refractivity contribution in [3.63, 3.8) is 0 Å². The van der Waals surface area contributed by atoms with Crippen LogP contribution in [0.5, 0.6) is 0 Å². The highest BCUT2D eigenvalue weighted by atomic mass is 32.2. The van der Waals surface area contributed by atoms with Crippen molar-refractivity contribution in [3.8, 4) is 0 Å². The number of sulfonamides is 1. The van der Waals surface area contributed by atoms with Crippen molar-refractivity contribution in [2.45, 2.75) is 32.6 Å². The molecule has 0 amide bonds. The van der Waals surface area contributed by atoms with Crippen molar-refractivity contribution in [3.05, 3.63) is 41.0 Å². The number of aryl methyl sites for hydroxylation is 2. The molecule has 0 aromatic heterocycles. The Kier molecular flexibility index (Phi) is 5.10. The van der Waals surface area contributed by atoms with Crippen LogP contribution in [-0.2, 0) is 10.0 Å². The van der Waals surface area contributed by atoms with E-state index in [2.05, 4.69) is 17.5 Å². The minimum absolute atomic E-state index is 0.502. The maximum absolute atomic E-state index is 13.1. The monoisotopic (exact) mass is 322 g/mol. The Bertz CT molecular complexity index is 646. The summed E-state index contributed by atoms with van der Waals surface area (Å²) in [5.41, 5.74) is 3.81. The largest absolute Gasteiger partial charge is 0.297 e. The second-order valence-electron chi connectivity index (χ2n) is 6.08. The van der Waals surface area contributed by atoms with E-state index in [0.29, 0.717) is 18.0 Å². The van der Waals surface area contributed by atoms with Gasteiger partial charge in [-0.15, -0.1) is 6.58 Å². The molecule has 1 aromatic carbocycles. The standard InChI is InChI=1S/C17H26N2O2S/c1-6-7-18-8-10-19(11-9-18)22(20,21)17-15(4)13(2)12-14(3)16(17)5/h6,12H,1,7-11H2,2-5H3. The number of benzene rings is 1. The van der Waals surface area contributed by atoms with Gasteiger partial charge in [0, 0.05) is 32.7 Å². The van der Waals surface area contributed by atoms with Crippen molar-refractivity contribution in [1.29, 1.82) is 0 Å².